The van der Waals surface area contributed by atoms with Crippen molar-refractivity contribution in [2.24, 2.45) is 0 Å². The van der Waals surface area contributed by atoms with Crippen molar-refractivity contribution in [1.29, 1.82) is 0 Å². The Morgan fingerprint density at radius 3 is 2.42 bits per heavy atom. The molecule has 2 aromatic carbocycles. The van der Waals surface area contributed by atoms with Crippen LogP contribution in [0.2, 0.25) is 0 Å². The second-order valence-electron chi connectivity index (χ2n) is 5.37. The quantitative estimate of drug-likeness (QED) is 0.731. The summed E-state index contributed by atoms with van der Waals surface area (Å²) in [6.45, 7) is 0.212. The van der Waals surface area contributed by atoms with E-state index in [4.69, 9.17) is 9.47 Å². The van der Waals surface area contributed by atoms with Crippen LogP contribution in [-0.4, -0.2) is 39.2 Å². The normalized spacial score (nSPS) is 10.1. The highest BCUT2D eigenvalue weighted by atomic mass is 19.1. The molecular formula is C19H20FNO5. The van der Waals surface area contributed by atoms with Crippen LogP contribution >= 0.6 is 0 Å². The van der Waals surface area contributed by atoms with Gasteiger partial charge in [-0.3, -0.25) is 4.79 Å². The van der Waals surface area contributed by atoms with Crippen LogP contribution in [0, 0.1) is 5.82 Å². The number of benzene rings is 2. The van der Waals surface area contributed by atoms with E-state index in [0.717, 1.165) is 5.56 Å². The van der Waals surface area contributed by atoms with Crippen LogP contribution in [0.1, 0.15) is 15.9 Å². The fourth-order valence-electron chi connectivity index (χ4n) is 2.22. The summed E-state index contributed by atoms with van der Waals surface area (Å²) in [4.78, 5) is 23.4. The monoisotopic (exact) mass is 361 g/mol. The number of rotatable bonds is 8. The average Bonchev–Trinajstić information content (AvgIpc) is 2.67. The number of hydrogen-bond donors (Lipinski definition) is 1. The summed E-state index contributed by atoms with van der Waals surface area (Å²) in [5.74, 6) is -0.418. The predicted octanol–water partition coefficient (Wildman–Crippen LogP) is 2.36. The molecule has 0 aliphatic heterocycles. The van der Waals surface area contributed by atoms with Gasteiger partial charge in [-0.1, -0.05) is 12.1 Å². The lowest BCUT2D eigenvalue weighted by atomic mass is 10.1. The Kier molecular flexibility index (Phi) is 6.96. The highest BCUT2D eigenvalue weighted by Gasteiger charge is 2.12. The van der Waals surface area contributed by atoms with E-state index in [1.807, 2.05) is 0 Å². The first-order valence-electron chi connectivity index (χ1n) is 7.93. The fraction of sp³-hybridized carbons (Fsp3) is 0.263. The van der Waals surface area contributed by atoms with Crippen LogP contribution in [0.5, 0.6) is 11.5 Å². The number of carbonyl (C=O) groups excluding carboxylic acids is 2. The molecule has 1 amide bonds. The topological polar surface area (TPSA) is 73.9 Å². The van der Waals surface area contributed by atoms with Crippen molar-refractivity contribution in [3.8, 4) is 11.5 Å². The molecule has 0 saturated heterocycles. The van der Waals surface area contributed by atoms with Crippen LogP contribution in [0.3, 0.4) is 0 Å². The van der Waals surface area contributed by atoms with E-state index in [1.165, 1.54) is 44.6 Å². The van der Waals surface area contributed by atoms with Gasteiger partial charge in [0, 0.05) is 6.54 Å². The van der Waals surface area contributed by atoms with Crippen LogP contribution in [-0.2, 0) is 16.0 Å². The van der Waals surface area contributed by atoms with Gasteiger partial charge in [0.1, 0.15) is 5.82 Å². The van der Waals surface area contributed by atoms with Gasteiger partial charge in [0.05, 0.1) is 19.8 Å². The summed E-state index contributed by atoms with van der Waals surface area (Å²) < 4.78 is 28.1. The van der Waals surface area contributed by atoms with Gasteiger partial charge < -0.3 is 19.5 Å². The van der Waals surface area contributed by atoms with Crippen LogP contribution in [0.15, 0.2) is 42.5 Å². The molecule has 0 saturated carbocycles. The number of halogens is 1. The van der Waals surface area contributed by atoms with Crippen molar-refractivity contribution in [3.63, 3.8) is 0 Å². The molecule has 1 N–H and O–H groups in total. The molecule has 0 aliphatic rings. The lowest BCUT2D eigenvalue weighted by Crippen LogP contribution is -2.30. The van der Waals surface area contributed by atoms with E-state index < -0.39 is 5.97 Å². The summed E-state index contributed by atoms with van der Waals surface area (Å²) >= 11 is 0. The molecule has 0 bridgehead atoms. The van der Waals surface area contributed by atoms with Gasteiger partial charge >= 0.3 is 5.97 Å². The van der Waals surface area contributed by atoms with Crippen LogP contribution in [0.4, 0.5) is 4.39 Å². The largest absolute Gasteiger partial charge is 0.493 e. The molecule has 138 valence electrons. The van der Waals surface area contributed by atoms with Gasteiger partial charge in [-0.15, -0.1) is 0 Å². The molecule has 0 aliphatic carbocycles. The third kappa shape index (κ3) is 5.47. The first-order valence-corrected chi connectivity index (χ1v) is 7.93. The van der Waals surface area contributed by atoms with E-state index in [2.05, 4.69) is 10.1 Å². The fourth-order valence-corrected chi connectivity index (χ4v) is 2.22. The van der Waals surface area contributed by atoms with Crippen molar-refractivity contribution in [2.45, 2.75) is 6.42 Å². The van der Waals surface area contributed by atoms with Gasteiger partial charge in [-0.25, -0.2) is 9.18 Å². The summed E-state index contributed by atoms with van der Waals surface area (Å²) in [7, 11) is 2.72. The Bertz CT molecular complexity index is 761. The summed E-state index contributed by atoms with van der Waals surface area (Å²) in [6.07, 6.45) is 0.586. The highest BCUT2D eigenvalue weighted by molar-refractivity contribution is 5.90. The minimum absolute atomic E-state index is 0.197. The zero-order valence-corrected chi connectivity index (χ0v) is 14.6. The molecule has 0 aromatic heterocycles. The lowest BCUT2D eigenvalue weighted by Gasteiger charge is -2.12. The van der Waals surface area contributed by atoms with Crippen LogP contribution in [0.25, 0.3) is 0 Å². The van der Waals surface area contributed by atoms with E-state index in [1.54, 1.807) is 12.1 Å². The molecule has 0 atom stereocenters. The molecule has 7 heteroatoms. The second kappa shape index (κ2) is 9.41. The standard InChI is InChI=1S/C19H20FNO5/c1-24-17-11-14(19(23)25-2)5-8-16(17)26-12-18(22)21-10-9-13-3-6-15(20)7-4-13/h3-8,11H,9-10,12H2,1-2H3,(H,21,22). The molecule has 0 spiro atoms. The maximum atomic E-state index is 12.8. The number of nitrogens with one attached hydrogen (secondary N) is 1. The number of carbonyl (C=O) groups is 2. The minimum atomic E-state index is -0.492. The molecule has 0 unspecified atom stereocenters. The van der Waals surface area contributed by atoms with E-state index in [-0.39, 0.29) is 18.3 Å². The third-order valence-electron chi connectivity index (χ3n) is 3.59. The Balaban J connectivity index is 1.82. The maximum absolute atomic E-state index is 12.8. The number of ether oxygens (including phenoxy) is 3. The van der Waals surface area contributed by atoms with Crippen molar-refractivity contribution >= 4 is 11.9 Å². The van der Waals surface area contributed by atoms with Crippen molar-refractivity contribution < 1.29 is 28.2 Å². The number of hydrogen-bond acceptors (Lipinski definition) is 5. The minimum Gasteiger partial charge on any atom is -0.493 e. The van der Waals surface area contributed by atoms with Gasteiger partial charge in [0.15, 0.2) is 18.1 Å². The molecule has 6 nitrogen and oxygen atoms in total. The van der Waals surface area contributed by atoms with E-state index >= 15 is 0 Å². The molecule has 0 fully saturated rings. The molecule has 2 rings (SSSR count). The SMILES string of the molecule is COC(=O)c1ccc(OCC(=O)NCCc2ccc(F)cc2)c(OC)c1. The van der Waals surface area contributed by atoms with Crippen molar-refractivity contribution in [2.75, 3.05) is 27.4 Å². The Morgan fingerprint density at radius 1 is 1.04 bits per heavy atom. The van der Waals surface area contributed by atoms with Gasteiger partial charge in [-0.05, 0) is 42.3 Å². The summed E-state index contributed by atoms with van der Waals surface area (Å²) in [6, 6.07) is 10.6. The first kappa shape index (κ1) is 19.2. The molecular weight excluding hydrogens is 341 g/mol. The second-order valence-corrected chi connectivity index (χ2v) is 5.37. The Labute approximate surface area is 150 Å². The number of methoxy groups -OCH3 is 2. The molecule has 26 heavy (non-hydrogen) atoms. The van der Waals surface area contributed by atoms with E-state index in [9.17, 15) is 14.0 Å². The first-order chi connectivity index (χ1) is 12.5. The summed E-state index contributed by atoms with van der Waals surface area (Å²) in [5, 5.41) is 2.72. The van der Waals surface area contributed by atoms with Crippen molar-refractivity contribution in [1.82, 2.24) is 5.32 Å². The molecule has 0 heterocycles. The summed E-state index contributed by atoms with van der Waals surface area (Å²) in [5.41, 5.74) is 1.24. The zero-order valence-electron chi connectivity index (χ0n) is 14.6. The third-order valence-corrected chi connectivity index (χ3v) is 3.59. The number of esters is 1. The van der Waals surface area contributed by atoms with E-state index in [0.29, 0.717) is 30.0 Å². The zero-order chi connectivity index (χ0) is 18.9. The smallest absolute Gasteiger partial charge is 0.337 e. The van der Waals surface area contributed by atoms with Crippen molar-refractivity contribution in [3.05, 3.63) is 59.4 Å². The number of amides is 1. The van der Waals surface area contributed by atoms with Crippen LogP contribution < -0.4 is 14.8 Å². The maximum Gasteiger partial charge on any atom is 0.337 e. The molecule has 0 radical (unpaired) electrons. The Hall–Kier alpha value is -3.09. The van der Waals surface area contributed by atoms with Gasteiger partial charge in [-0.2, -0.15) is 0 Å². The van der Waals surface area contributed by atoms with Gasteiger partial charge in [0.2, 0.25) is 0 Å². The average molecular weight is 361 g/mol. The Morgan fingerprint density at radius 2 is 1.77 bits per heavy atom. The predicted molar refractivity (Wildman–Crippen MR) is 92.9 cm³/mol. The highest BCUT2D eigenvalue weighted by Crippen LogP contribution is 2.28. The lowest BCUT2D eigenvalue weighted by molar-refractivity contribution is -0.123. The molecule has 2 aromatic rings. The van der Waals surface area contributed by atoms with Gasteiger partial charge in [0.25, 0.3) is 5.91 Å².